The number of hydrogen-bond donors (Lipinski definition) is 1. The van der Waals surface area contributed by atoms with Gasteiger partial charge in [-0.3, -0.25) is 0 Å². The number of benzene rings is 1. The van der Waals surface area contributed by atoms with Gasteiger partial charge in [-0.2, -0.15) is 0 Å². The molecule has 4 heteroatoms. The monoisotopic (exact) mass is 244 g/mol. The van der Waals surface area contributed by atoms with Crippen molar-refractivity contribution < 1.29 is 14.6 Å². The summed E-state index contributed by atoms with van der Waals surface area (Å²) in [6.07, 6.45) is 0.231. The molecule has 0 aromatic heterocycles. The summed E-state index contributed by atoms with van der Waals surface area (Å²) in [5.74, 6) is 0.676. The first-order chi connectivity index (χ1) is 7.65. The molecule has 0 aliphatic heterocycles. The minimum Gasteiger partial charge on any atom is -0.493 e. The molecule has 1 aromatic rings. The Labute approximate surface area is 101 Å². The van der Waals surface area contributed by atoms with E-state index in [2.05, 4.69) is 0 Å². The average molecular weight is 245 g/mol. The average Bonchev–Trinajstić information content (AvgIpc) is 2.26. The molecular formula is C12H17ClO3. The Balaban J connectivity index is 2.64. The lowest BCUT2D eigenvalue weighted by Crippen LogP contribution is -2.04. The molecule has 0 bridgehead atoms. The summed E-state index contributed by atoms with van der Waals surface area (Å²) in [5.41, 5.74) is 0.713. The maximum atomic E-state index is 9.57. The van der Waals surface area contributed by atoms with E-state index < -0.39 is 6.10 Å². The van der Waals surface area contributed by atoms with Gasteiger partial charge in [0.15, 0.2) is 0 Å². The number of methoxy groups -OCH3 is 1. The maximum absolute atomic E-state index is 9.57. The summed E-state index contributed by atoms with van der Waals surface area (Å²) in [6, 6.07) is 5.24. The van der Waals surface area contributed by atoms with Crippen molar-refractivity contribution in [2.75, 3.05) is 20.3 Å². The molecule has 90 valence electrons. The first-order valence-electron chi connectivity index (χ1n) is 5.24. The molecule has 0 saturated heterocycles. The Hall–Kier alpha value is -0.770. The van der Waals surface area contributed by atoms with Crippen molar-refractivity contribution in [1.82, 2.24) is 0 Å². The summed E-state index contributed by atoms with van der Waals surface area (Å²) in [4.78, 5) is 0. The third kappa shape index (κ3) is 4.00. The molecule has 1 aromatic carbocycles. The SMILES string of the molecule is COCCCOc1ccc(Cl)cc1[C@H](C)O. The summed E-state index contributed by atoms with van der Waals surface area (Å²) in [6.45, 7) is 2.92. The van der Waals surface area contributed by atoms with E-state index in [1.165, 1.54) is 0 Å². The van der Waals surface area contributed by atoms with E-state index in [0.717, 1.165) is 6.42 Å². The van der Waals surface area contributed by atoms with E-state index in [-0.39, 0.29) is 0 Å². The molecule has 16 heavy (non-hydrogen) atoms. The standard InChI is InChI=1S/C12H17ClO3/c1-9(14)11-8-10(13)4-5-12(11)16-7-3-6-15-2/h4-5,8-9,14H,3,6-7H2,1-2H3/t9-/m0/s1. The number of hydrogen-bond acceptors (Lipinski definition) is 3. The molecule has 1 rings (SSSR count). The molecule has 0 aliphatic rings. The molecule has 0 heterocycles. The number of ether oxygens (including phenoxy) is 2. The van der Waals surface area contributed by atoms with E-state index in [1.54, 1.807) is 32.2 Å². The van der Waals surface area contributed by atoms with Gasteiger partial charge in [0.1, 0.15) is 5.75 Å². The van der Waals surface area contributed by atoms with Crippen LogP contribution in [0.5, 0.6) is 5.75 Å². The summed E-state index contributed by atoms with van der Waals surface area (Å²) < 4.78 is 10.5. The predicted molar refractivity (Wildman–Crippen MR) is 64.1 cm³/mol. The van der Waals surface area contributed by atoms with Crippen molar-refractivity contribution >= 4 is 11.6 Å². The van der Waals surface area contributed by atoms with E-state index >= 15 is 0 Å². The van der Waals surface area contributed by atoms with Crippen LogP contribution in [0.3, 0.4) is 0 Å². The van der Waals surface area contributed by atoms with Gasteiger partial charge in [0, 0.05) is 30.7 Å². The predicted octanol–water partition coefficient (Wildman–Crippen LogP) is 2.81. The van der Waals surface area contributed by atoms with Crippen LogP contribution in [0, 0.1) is 0 Å². The molecule has 0 spiro atoms. The van der Waals surface area contributed by atoms with Crippen molar-refractivity contribution in [2.45, 2.75) is 19.4 Å². The van der Waals surface area contributed by atoms with Gasteiger partial charge in [-0.25, -0.2) is 0 Å². The highest BCUT2D eigenvalue weighted by Crippen LogP contribution is 2.28. The van der Waals surface area contributed by atoms with Gasteiger partial charge >= 0.3 is 0 Å². The lowest BCUT2D eigenvalue weighted by atomic mass is 10.1. The third-order valence-corrected chi connectivity index (χ3v) is 2.41. The molecule has 0 radical (unpaired) electrons. The zero-order valence-electron chi connectivity index (χ0n) is 9.57. The second-order valence-electron chi connectivity index (χ2n) is 3.55. The van der Waals surface area contributed by atoms with Crippen LogP contribution in [0.15, 0.2) is 18.2 Å². The molecule has 0 aliphatic carbocycles. The van der Waals surface area contributed by atoms with E-state index in [1.807, 2.05) is 0 Å². The lowest BCUT2D eigenvalue weighted by Gasteiger charge is -2.13. The largest absolute Gasteiger partial charge is 0.493 e. The number of rotatable bonds is 6. The first-order valence-corrected chi connectivity index (χ1v) is 5.62. The fourth-order valence-corrected chi connectivity index (χ4v) is 1.54. The van der Waals surface area contributed by atoms with Gasteiger partial charge in [-0.15, -0.1) is 0 Å². The van der Waals surface area contributed by atoms with Crippen LogP contribution >= 0.6 is 11.6 Å². The lowest BCUT2D eigenvalue weighted by molar-refractivity contribution is 0.166. The van der Waals surface area contributed by atoms with Crippen molar-refractivity contribution in [3.8, 4) is 5.75 Å². The van der Waals surface area contributed by atoms with Crippen molar-refractivity contribution in [3.63, 3.8) is 0 Å². The summed E-state index contributed by atoms with van der Waals surface area (Å²) in [7, 11) is 1.66. The van der Waals surface area contributed by atoms with Crippen LogP contribution in [0.1, 0.15) is 25.0 Å². The third-order valence-electron chi connectivity index (χ3n) is 2.17. The van der Waals surface area contributed by atoms with Crippen LogP contribution in [0.25, 0.3) is 0 Å². The van der Waals surface area contributed by atoms with Crippen molar-refractivity contribution in [2.24, 2.45) is 0 Å². The van der Waals surface area contributed by atoms with E-state index in [9.17, 15) is 5.11 Å². The van der Waals surface area contributed by atoms with Crippen molar-refractivity contribution in [3.05, 3.63) is 28.8 Å². The number of aliphatic hydroxyl groups excluding tert-OH is 1. The van der Waals surface area contributed by atoms with Gasteiger partial charge in [-0.1, -0.05) is 11.6 Å². The minimum absolute atomic E-state index is 0.565. The van der Waals surface area contributed by atoms with Crippen LogP contribution in [0.2, 0.25) is 5.02 Å². The maximum Gasteiger partial charge on any atom is 0.125 e. The van der Waals surface area contributed by atoms with Gasteiger partial charge in [0.25, 0.3) is 0 Å². The Kier molecular flexibility index (Phi) is 5.60. The van der Waals surface area contributed by atoms with Gasteiger partial charge < -0.3 is 14.6 Å². The molecule has 0 amide bonds. The van der Waals surface area contributed by atoms with E-state index in [0.29, 0.717) is 29.5 Å². The highest BCUT2D eigenvalue weighted by molar-refractivity contribution is 6.30. The van der Waals surface area contributed by atoms with Gasteiger partial charge in [0.05, 0.1) is 12.7 Å². The molecule has 3 nitrogen and oxygen atoms in total. The normalized spacial score (nSPS) is 12.5. The quantitative estimate of drug-likeness (QED) is 0.782. The fourth-order valence-electron chi connectivity index (χ4n) is 1.36. The Bertz CT molecular complexity index is 326. The highest BCUT2D eigenvalue weighted by Gasteiger charge is 2.09. The van der Waals surface area contributed by atoms with Crippen LogP contribution in [-0.2, 0) is 4.74 Å². The molecule has 1 N–H and O–H groups in total. The number of halogens is 1. The Morgan fingerprint density at radius 2 is 2.12 bits per heavy atom. The highest BCUT2D eigenvalue weighted by atomic mass is 35.5. The van der Waals surface area contributed by atoms with Crippen LogP contribution in [-0.4, -0.2) is 25.4 Å². The molecule has 0 fully saturated rings. The second-order valence-corrected chi connectivity index (χ2v) is 3.99. The summed E-state index contributed by atoms with van der Waals surface area (Å²) >= 11 is 5.86. The summed E-state index contributed by atoms with van der Waals surface area (Å²) in [5, 5.41) is 10.2. The van der Waals surface area contributed by atoms with Crippen LogP contribution < -0.4 is 4.74 Å². The van der Waals surface area contributed by atoms with E-state index in [4.69, 9.17) is 21.1 Å². The van der Waals surface area contributed by atoms with Crippen molar-refractivity contribution in [1.29, 1.82) is 0 Å². The molecule has 1 atom stereocenters. The second kappa shape index (κ2) is 6.74. The Morgan fingerprint density at radius 3 is 2.75 bits per heavy atom. The zero-order valence-corrected chi connectivity index (χ0v) is 10.3. The fraction of sp³-hybridized carbons (Fsp3) is 0.500. The van der Waals surface area contributed by atoms with Gasteiger partial charge in [-0.05, 0) is 25.1 Å². The molecule has 0 saturated carbocycles. The minimum atomic E-state index is -0.587. The zero-order chi connectivity index (χ0) is 12.0. The van der Waals surface area contributed by atoms with Crippen LogP contribution in [0.4, 0.5) is 0 Å². The van der Waals surface area contributed by atoms with Gasteiger partial charge in [0.2, 0.25) is 0 Å². The number of aliphatic hydroxyl groups is 1. The first kappa shape index (κ1) is 13.3. The topological polar surface area (TPSA) is 38.7 Å². The Morgan fingerprint density at radius 1 is 1.38 bits per heavy atom. The smallest absolute Gasteiger partial charge is 0.125 e. The molecular weight excluding hydrogens is 228 g/mol. The molecule has 0 unspecified atom stereocenters.